The van der Waals surface area contributed by atoms with Gasteiger partial charge in [0.1, 0.15) is 0 Å². The van der Waals surface area contributed by atoms with E-state index in [0.717, 1.165) is 6.26 Å². The normalized spacial score (nSPS) is 11.5. The Morgan fingerprint density at radius 1 is 1.58 bits per heavy atom. The van der Waals surface area contributed by atoms with Crippen molar-refractivity contribution in [2.75, 3.05) is 0 Å². The molecule has 1 rings (SSSR count). The molecule has 0 spiro atoms. The van der Waals surface area contributed by atoms with E-state index in [0.29, 0.717) is 0 Å². The summed E-state index contributed by atoms with van der Waals surface area (Å²) < 4.78 is 8.34. The van der Waals surface area contributed by atoms with Crippen molar-refractivity contribution < 1.29 is 19.1 Å². The van der Waals surface area contributed by atoms with Crippen LogP contribution in [0.25, 0.3) is 0 Å². The largest absolute Gasteiger partial charge is 0.481 e. The van der Waals surface area contributed by atoms with E-state index >= 15 is 0 Å². The van der Waals surface area contributed by atoms with Crippen LogP contribution in [0.1, 0.15) is 19.4 Å². The van der Waals surface area contributed by atoms with E-state index in [2.05, 4.69) is 9.15 Å². The molecule has 0 saturated heterocycles. The van der Waals surface area contributed by atoms with Crippen LogP contribution >= 0.6 is 0 Å². The molecule has 0 aliphatic rings. The summed E-state index contributed by atoms with van der Waals surface area (Å²) in [4.78, 5) is 21.5. The van der Waals surface area contributed by atoms with Gasteiger partial charge in [-0.15, -0.1) is 0 Å². The lowest BCUT2D eigenvalue weighted by atomic mass is 9.87. The first-order valence-electron chi connectivity index (χ1n) is 3.28. The van der Waals surface area contributed by atoms with Gasteiger partial charge in [0.15, 0.2) is 6.26 Å². The molecule has 0 amide bonds. The predicted octanol–water partition coefficient (Wildman–Crippen LogP) is 0.595. The fourth-order valence-corrected chi connectivity index (χ4v) is 0.727. The summed E-state index contributed by atoms with van der Waals surface area (Å²) in [6.45, 7) is 2.80. The van der Waals surface area contributed by atoms with Gasteiger partial charge in [0.2, 0.25) is 0 Å². The standard InChI is InChI=1S/C7H8O5/c1-7(2,6(9)10)4-3-11-12-5(4)8/h3H,1-2H3,(H,9,10). The molecule has 0 atom stereocenters. The molecule has 1 N–H and O–H groups in total. The molecule has 1 heterocycles. The lowest BCUT2D eigenvalue weighted by molar-refractivity contribution is -0.142. The summed E-state index contributed by atoms with van der Waals surface area (Å²) in [5, 5.41) is 8.72. The zero-order valence-electron chi connectivity index (χ0n) is 6.66. The Labute approximate surface area is 67.5 Å². The van der Waals surface area contributed by atoms with E-state index in [1.54, 1.807) is 0 Å². The summed E-state index contributed by atoms with van der Waals surface area (Å²) in [5.74, 6) is -1.10. The van der Waals surface area contributed by atoms with Crippen molar-refractivity contribution in [3.63, 3.8) is 0 Å². The first kappa shape index (κ1) is 8.58. The second-order valence-electron chi connectivity index (χ2n) is 2.93. The van der Waals surface area contributed by atoms with Crippen LogP contribution in [-0.2, 0) is 10.2 Å². The maximum atomic E-state index is 10.8. The highest BCUT2D eigenvalue weighted by atomic mass is 17.0. The topological polar surface area (TPSA) is 80.7 Å². The van der Waals surface area contributed by atoms with Crippen LogP contribution in [0.3, 0.4) is 0 Å². The Bertz CT molecular complexity index is 343. The number of hydrogen-bond donors (Lipinski definition) is 1. The monoisotopic (exact) mass is 172 g/mol. The third kappa shape index (κ3) is 1.13. The van der Waals surface area contributed by atoms with Gasteiger partial charge in [0.05, 0.1) is 11.0 Å². The van der Waals surface area contributed by atoms with Crippen LogP contribution in [0.2, 0.25) is 0 Å². The molecule has 1 aromatic heterocycles. The first-order chi connectivity index (χ1) is 5.46. The minimum absolute atomic E-state index is 0.00926. The van der Waals surface area contributed by atoms with Crippen LogP contribution in [0.15, 0.2) is 20.2 Å². The van der Waals surface area contributed by atoms with Crippen LogP contribution < -0.4 is 5.63 Å². The van der Waals surface area contributed by atoms with E-state index in [-0.39, 0.29) is 5.56 Å². The maximum absolute atomic E-state index is 10.8. The molecule has 0 aromatic carbocycles. The lowest BCUT2D eigenvalue weighted by Crippen LogP contribution is -2.32. The summed E-state index contributed by atoms with van der Waals surface area (Å²) in [6, 6.07) is 0. The van der Waals surface area contributed by atoms with Gasteiger partial charge in [-0.1, -0.05) is 0 Å². The number of rotatable bonds is 2. The number of hydrogen-bond acceptors (Lipinski definition) is 4. The van der Waals surface area contributed by atoms with Gasteiger partial charge < -0.3 is 5.11 Å². The molecule has 0 radical (unpaired) electrons. The lowest BCUT2D eigenvalue weighted by Gasteiger charge is -2.13. The Morgan fingerprint density at radius 3 is 2.50 bits per heavy atom. The minimum Gasteiger partial charge on any atom is -0.481 e. The SMILES string of the molecule is CC(C)(C(=O)O)c1cooc1=O. The van der Waals surface area contributed by atoms with E-state index < -0.39 is 17.0 Å². The summed E-state index contributed by atoms with van der Waals surface area (Å²) in [5.41, 5.74) is -2.01. The molecule has 66 valence electrons. The van der Waals surface area contributed by atoms with Crippen molar-refractivity contribution in [1.29, 1.82) is 0 Å². The fourth-order valence-electron chi connectivity index (χ4n) is 0.727. The Kier molecular flexibility index (Phi) is 1.79. The third-order valence-electron chi connectivity index (χ3n) is 1.72. The van der Waals surface area contributed by atoms with Gasteiger partial charge in [0, 0.05) is 0 Å². The third-order valence-corrected chi connectivity index (χ3v) is 1.72. The summed E-state index contributed by atoms with van der Waals surface area (Å²) in [7, 11) is 0. The van der Waals surface area contributed by atoms with E-state index in [1.165, 1.54) is 13.8 Å². The van der Waals surface area contributed by atoms with E-state index in [9.17, 15) is 9.59 Å². The zero-order valence-corrected chi connectivity index (χ0v) is 6.66. The molecule has 5 heteroatoms. The number of carboxylic acids is 1. The van der Waals surface area contributed by atoms with Crippen molar-refractivity contribution in [3.8, 4) is 0 Å². The van der Waals surface area contributed by atoms with E-state index in [1.807, 2.05) is 0 Å². The van der Waals surface area contributed by atoms with Gasteiger partial charge in [-0.05, 0) is 13.8 Å². The maximum Gasteiger partial charge on any atom is 0.386 e. The molecule has 0 aliphatic carbocycles. The number of carbonyl (C=O) groups is 1. The first-order valence-corrected chi connectivity index (χ1v) is 3.28. The van der Waals surface area contributed by atoms with Gasteiger partial charge >= 0.3 is 11.6 Å². The average Bonchev–Trinajstić information content (AvgIpc) is 2.35. The molecular formula is C7H8O5. The van der Waals surface area contributed by atoms with Crippen molar-refractivity contribution in [2.24, 2.45) is 0 Å². The van der Waals surface area contributed by atoms with Crippen LogP contribution in [0.5, 0.6) is 0 Å². The molecule has 12 heavy (non-hydrogen) atoms. The highest BCUT2D eigenvalue weighted by Gasteiger charge is 2.34. The number of aliphatic carboxylic acids is 1. The van der Waals surface area contributed by atoms with Crippen LogP contribution in [-0.4, -0.2) is 11.1 Å². The second-order valence-corrected chi connectivity index (χ2v) is 2.93. The van der Waals surface area contributed by atoms with Crippen molar-refractivity contribution in [2.45, 2.75) is 19.3 Å². The molecule has 5 nitrogen and oxygen atoms in total. The zero-order chi connectivity index (χ0) is 9.35. The predicted molar refractivity (Wildman–Crippen MR) is 37.9 cm³/mol. The van der Waals surface area contributed by atoms with Gasteiger partial charge in [0.25, 0.3) is 0 Å². The minimum atomic E-state index is -1.27. The molecular weight excluding hydrogens is 164 g/mol. The molecule has 0 bridgehead atoms. The van der Waals surface area contributed by atoms with Gasteiger partial charge in [-0.25, -0.2) is 9.37 Å². The van der Waals surface area contributed by atoms with Gasteiger partial charge in [-0.3, -0.25) is 9.37 Å². The molecule has 0 saturated carbocycles. The van der Waals surface area contributed by atoms with Crippen LogP contribution in [0.4, 0.5) is 0 Å². The van der Waals surface area contributed by atoms with Crippen molar-refractivity contribution >= 4 is 5.97 Å². The molecule has 0 unspecified atom stereocenters. The highest BCUT2D eigenvalue weighted by Crippen LogP contribution is 2.19. The van der Waals surface area contributed by atoms with Crippen LogP contribution in [0, 0.1) is 0 Å². The van der Waals surface area contributed by atoms with E-state index in [4.69, 9.17) is 5.11 Å². The van der Waals surface area contributed by atoms with Crippen molar-refractivity contribution in [1.82, 2.24) is 0 Å². The molecule has 1 aromatic rings. The summed E-state index contributed by atoms with van der Waals surface area (Å²) in [6.07, 6.45) is 1.01. The summed E-state index contributed by atoms with van der Waals surface area (Å²) >= 11 is 0. The Morgan fingerprint density at radius 2 is 2.17 bits per heavy atom. The average molecular weight is 172 g/mol. The molecule has 0 aliphatic heterocycles. The van der Waals surface area contributed by atoms with Crippen molar-refractivity contribution in [3.05, 3.63) is 22.2 Å². The molecule has 0 fully saturated rings. The Hall–Kier alpha value is -1.52. The number of carboxylic acid groups (broad SMARTS) is 1. The quantitative estimate of drug-likeness (QED) is 0.660. The fraction of sp³-hybridized carbons (Fsp3) is 0.429. The van der Waals surface area contributed by atoms with Gasteiger partial charge in [-0.2, -0.15) is 0 Å². The highest BCUT2D eigenvalue weighted by molar-refractivity contribution is 5.79. The smallest absolute Gasteiger partial charge is 0.386 e. The second kappa shape index (κ2) is 2.51. The Balaban J connectivity index is 3.23.